The fourth-order valence-corrected chi connectivity index (χ4v) is 3.49. The van der Waals surface area contributed by atoms with Crippen molar-refractivity contribution in [1.82, 2.24) is 9.62 Å². The number of carbonyl (C=O) groups is 2. The van der Waals surface area contributed by atoms with Crippen molar-refractivity contribution in [2.45, 2.75) is 31.1 Å². The maximum Gasteiger partial charge on any atom is 0.243 e. The summed E-state index contributed by atoms with van der Waals surface area (Å²) in [6.07, 6.45) is 1.63. The topological polar surface area (TPSA) is 95.6 Å². The molecule has 1 aliphatic rings. The summed E-state index contributed by atoms with van der Waals surface area (Å²) in [6, 6.07) is 4.59. The highest BCUT2D eigenvalue weighted by molar-refractivity contribution is 7.89. The molecule has 2 rings (SSSR count). The van der Waals surface area contributed by atoms with Crippen molar-refractivity contribution < 1.29 is 18.0 Å². The molecule has 0 atom stereocenters. The average molecular weight is 339 g/mol. The first-order chi connectivity index (χ1) is 10.8. The first-order valence-electron chi connectivity index (χ1n) is 7.50. The Hall–Kier alpha value is -1.93. The first kappa shape index (κ1) is 17.4. The van der Waals surface area contributed by atoms with E-state index in [1.807, 2.05) is 6.92 Å². The number of nitrogens with zero attached hydrogens (tertiary/aromatic N) is 1. The molecule has 1 heterocycles. The van der Waals surface area contributed by atoms with Crippen LogP contribution in [0.4, 0.5) is 5.69 Å². The quantitative estimate of drug-likeness (QED) is 0.798. The molecule has 1 aliphatic heterocycles. The summed E-state index contributed by atoms with van der Waals surface area (Å²) in [7, 11) is -2.37. The number of likely N-dealkylation sites (N-methyl/N-ethyl adjacent to an activating group) is 1. The van der Waals surface area contributed by atoms with Gasteiger partial charge in [0.15, 0.2) is 0 Å². The number of hydrogen-bond acceptors (Lipinski definition) is 4. The number of carbonyl (C=O) groups excluding carboxylic acids is 2. The number of hydrogen-bond donors (Lipinski definition) is 2. The highest BCUT2D eigenvalue weighted by atomic mass is 32.2. The van der Waals surface area contributed by atoms with Crippen LogP contribution in [0.5, 0.6) is 0 Å². The predicted molar refractivity (Wildman–Crippen MR) is 86.5 cm³/mol. The summed E-state index contributed by atoms with van der Waals surface area (Å²) in [5.41, 5.74) is 1.43. The Bertz CT molecular complexity index is 715. The first-order valence-corrected chi connectivity index (χ1v) is 8.94. The number of aryl methyl sites for hydroxylation is 1. The van der Waals surface area contributed by atoms with Gasteiger partial charge in [0.25, 0.3) is 0 Å². The molecular formula is C15H21N3O4S. The van der Waals surface area contributed by atoms with E-state index in [2.05, 4.69) is 10.6 Å². The smallest absolute Gasteiger partial charge is 0.243 e. The molecule has 2 N–H and O–H groups in total. The second-order valence-corrected chi connectivity index (χ2v) is 7.52. The van der Waals surface area contributed by atoms with Crippen molar-refractivity contribution in [1.29, 1.82) is 0 Å². The summed E-state index contributed by atoms with van der Waals surface area (Å²) in [5.74, 6) is -0.402. The molecule has 7 nitrogen and oxygen atoms in total. The molecule has 0 spiro atoms. The van der Waals surface area contributed by atoms with Gasteiger partial charge in [-0.2, -0.15) is 4.31 Å². The highest BCUT2D eigenvalue weighted by Crippen LogP contribution is 2.26. The molecule has 0 unspecified atom stereocenters. The van der Waals surface area contributed by atoms with E-state index in [0.29, 0.717) is 25.1 Å². The molecule has 0 saturated carbocycles. The minimum absolute atomic E-state index is 0.0715. The van der Waals surface area contributed by atoms with E-state index in [0.717, 1.165) is 16.3 Å². The number of sulfonamides is 1. The van der Waals surface area contributed by atoms with Crippen LogP contribution in [0.15, 0.2) is 23.1 Å². The van der Waals surface area contributed by atoms with E-state index in [9.17, 15) is 18.0 Å². The largest absolute Gasteiger partial charge is 0.355 e. The molecule has 0 aromatic heterocycles. The number of rotatable bonds is 6. The van der Waals surface area contributed by atoms with E-state index in [4.69, 9.17) is 0 Å². The SMILES string of the molecule is CCCNC(=O)CN(C)S(=O)(=O)c1ccc2c(c1)CCC(=O)N2. The number of benzene rings is 1. The van der Waals surface area contributed by atoms with Crippen molar-refractivity contribution in [3.05, 3.63) is 23.8 Å². The lowest BCUT2D eigenvalue weighted by atomic mass is 10.0. The van der Waals surface area contributed by atoms with Crippen LogP contribution in [0.2, 0.25) is 0 Å². The number of fused-ring (bicyclic) bond motifs is 1. The van der Waals surface area contributed by atoms with Gasteiger partial charge in [0.1, 0.15) is 0 Å². The van der Waals surface area contributed by atoms with Gasteiger partial charge >= 0.3 is 0 Å². The van der Waals surface area contributed by atoms with Crippen LogP contribution in [0, 0.1) is 0 Å². The molecule has 23 heavy (non-hydrogen) atoms. The van der Waals surface area contributed by atoms with E-state index in [1.165, 1.54) is 13.1 Å². The normalized spacial score (nSPS) is 14.3. The van der Waals surface area contributed by atoms with Gasteiger partial charge < -0.3 is 10.6 Å². The molecule has 0 aliphatic carbocycles. The summed E-state index contributed by atoms with van der Waals surface area (Å²) < 4.78 is 26.1. The number of amides is 2. The summed E-state index contributed by atoms with van der Waals surface area (Å²) in [5, 5.41) is 5.36. The Morgan fingerprint density at radius 3 is 2.78 bits per heavy atom. The lowest BCUT2D eigenvalue weighted by Crippen LogP contribution is -2.38. The van der Waals surface area contributed by atoms with Crippen molar-refractivity contribution in [2.75, 3.05) is 25.5 Å². The third kappa shape index (κ3) is 4.08. The van der Waals surface area contributed by atoms with Gasteiger partial charge in [-0.05, 0) is 36.6 Å². The zero-order chi connectivity index (χ0) is 17.0. The zero-order valence-corrected chi connectivity index (χ0v) is 14.1. The Morgan fingerprint density at radius 1 is 1.35 bits per heavy atom. The molecule has 1 aromatic rings. The maximum atomic E-state index is 12.6. The van der Waals surface area contributed by atoms with Crippen LogP contribution < -0.4 is 10.6 Å². The minimum Gasteiger partial charge on any atom is -0.355 e. The molecule has 0 radical (unpaired) electrons. The second kappa shape index (κ2) is 7.10. The van der Waals surface area contributed by atoms with E-state index in [1.54, 1.807) is 12.1 Å². The highest BCUT2D eigenvalue weighted by Gasteiger charge is 2.25. The summed E-state index contributed by atoms with van der Waals surface area (Å²) in [4.78, 5) is 23.2. The van der Waals surface area contributed by atoms with Crippen molar-refractivity contribution >= 4 is 27.5 Å². The zero-order valence-electron chi connectivity index (χ0n) is 13.3. The fourth-order valence-electron chi connectivity index (χ4n) is 2.31. The van der Waals surface area contributed by atoms with Gasteiger partial charge in [-0.25, -0.2) is 8.42 Å². The molecule has 2 amide bonds. The number of anilines is 1. The Morgan fingerprint density at radius 2 is 2.09 bits per heavy atom. The van der Waals surface area contributed by atoms with Gasteiger partial charge in [-0.15, -0.1) is 0 Å². The number of nitrogens with one attached hydrogen (secondary N) is 2. The van der Waals surface area contributed by atoms with E-state index >= 15 is 0 Å². The minimum atomic E-state index is -3.75. The Balaban J connectivity index is 2.16. The molecule has 0 fully saturated rings. The van der Waals surface area contributed by atoms with Crippen LogP contribution in [0.3, 0.4) is 0 Å². The van der Waals surface area contributed by atoms with Crippen molar-refractivity contribution in [2.24, 2.45) is 0 Å². The van der Waals surface area contributed by atoms with Gasteiger partial charge in [-0.3, -0.25) is 9.59 Å². The standard InChI is InChI=1S/C15H21N3O4S/c1-3-8-16-15(20)10-18(2)23(21,22)12-5-6-13-11(9-12)4-7-14(19)17-13/h5-6,9H,3-4,7-8,10H2,1-2H3,(H,16,20)(H,17,19). The second-order valence-electron chi connectivity index (χ2n) is 5.48. The van der Waals surface area contributed by atoms with Gasteiger partial charge in [0.2, 0.25) is 21.8 Å². The van der Waals surface area contributed by atoms with Crippen LogP contribution in [-0.2, 0) is 26.0 Å². The average Bonchev–Trinajstić information content (AvgIpc) is 2.52. The third-order valence-electron chi connectivity index (χ3n) is 3.62. The van der Waals surface area contributed by atoms with Crippen LogP contribution in [-0.4, -0.2) is 44.7 Å². The lowest BCUT2D eigenvalue weighted by molar-refractivity contribution is -0.121. The lowest BCUT2D eigenvalue weighted by Gasteiger charge is -2.20. The van der Waals surface area contributed by atoms with Crippen molar-refractivity contribution in [3.63, 3.8) is 0 Å². The van der Waals surface area contributed by atoms with E-state index < -0.39 is 10.0 Å². The van der Waals surface area contributed by atoms with Gasteiger partial charge in [-0.1, -0.05) is 6.92 Å². The molecular weight excluding hydrogens is 318 g/mol. The monoisotopic (exact) mass is 339 g/mol. The Labute approximate surface area is 136 Å². The Kier molecular flexibility index (Phi) is 5.38. The molecule has 1 aromatic carbocycles. The molecule has 8 heteroatoms. The van der Waals surface area contributed by atoms with Gasteiger partial charge in [0.05, 0.1) is 11.4 Å². The molecule has 0 bridgehead atoms. The van der Waals surface area contributed by atoms with Crippen LogP contribution in [0.25, 0.3) is 0 Å². The molecule has 0 saturated heterocycles. The van der Waals surface area contributed by atoms with E-state index in [-0.39, 0.29) is 23.3 Å². The summed E-state index contributed by atoms with van der Waals surface area (Å²) in [6.45, 7) is 2.22. The molecule has 126 valence electrons. The van der Waals surface area contributed by atoms with Crippen LogP contribution >= 0.6 is 0 Å². The van der Waals surface area contributed by atoms with Gasteiger partial charge in [0, 0.05) is 25.7 Å². The predicted octanol–water partition coefficient (Wildman–Crippen LogP) is 0.718. The third-order valence-corrected chi connectivity index (χ3v) is 5.42. The van der Waals surface area contributed by atoms with Crippen LogP contribution in [0.1, 0.15) is 25.3 Å². The van der Waals surface area contributed by atoms with Crippen molar-refractivity contribution in [3.8, 4) is 0 Å². The maximum absolute atomic E-state index is 12.6. The fraction of sp³-hybridized carbons (Fsp3) is 0.467. The summed E-state index contributed by atoms with van der Waals surface area (Å²) >= 11 is 0.